The average molecular weight is 573 g/mol. The Bertz CT molecular complexity index is 1430. The molecule has 0 aromatic carbocycles. The van der Waals surface area contributed by atoms with E-state index in [0.717, 1.165) is 47.9 Å². The van der Waals surface area contributed by atoms with Crippen molar-refractivity contribution >= 4 is 11.0 Å². The number of likely N-dealkylation sites (tertiary alicyclic amines) is 1. The number of halogens is 3. The Labute approximate surface area is 236 Å². The zero-order chi connectivity index (χ0) is 29.0. The van der Waals surface area contributed by atoms with E-state index in [0.29, 0.717) is 24.9 Å². The van der Waals surface area contributed by atoms with Crippen LogP contribution in [0.1, 0.15) is 44.4 Å². The van der Waals surface area contributed by atoms with E-state index in [1.165, 1.54) is 6.33 Å². The highest BCUT2D eigenvalue weighted by molar-refractivity contribution is 5.89. The van der Waals surface area contributed by atoms with Crippen LogP contribution in [0.4, 0.5) is 13.2 Å². The minimum Gasteiger partial charge on any atom is -0.474 e. The molecule has 4 aromatic rings. The molecular formula is C28H35F3N8O2. The average Bonchev–Trinajstić information content (AvgIpc) is 3.61. The maximum Gasteiger partial charge on any atom is 0.433 e. The number of ether oxygens (including phenoxy) is 1. The van der Waals surface area contributed by atoms with Gasteiger partial charge < -0.3 is 20.1 Å². The molecule has 0 radical (unpaired) electrons. The van der Waals surface area contributed by atoms with Gasteiger partial charge in [0.2, 0.25) is 5.88 Å². The maximum atomic E-state index is 13.5. The molecule has 10 nitrogen and oxygen atoms in total. The van der Waals surface area contributed by atoms with Crippen LogP contribution in [0.5, 0.6) is 5.88 Å². The number of hydrogen-bond donors (Lipinski definition) is 3. The first-order chi connectivity index (χ1) is 19.7. The molecule has 41 heavy (non-hydrogen) atoms. The Hall–Kier alpha value is -3.55. The van der Waals surface area contributed by atoms with Crippen molar-refractivity contribution < 1.29 is 23.0 Å². The van der Waals surface area contributed by atoms with Crippen molar-refractivity contribution in [2.24, 2.45) is 0 Å². The van der Waals surface area contributed by atoms with Crippen molar-refractivity contribution in [3.63, 3.8) is 0 Å². The molecule has 5 rings (SSSR count). The summed E-state index contributed by atoms with van der Waals surface area (Å²) < 4.78 is 48.4. The first-order valence-electron chi connectivity index (χ1n) is 13.9. The Kier molecular flexibility index (Phi) is 8.85. The lowest BCUT2D eigenvalue weighted by atomic mass is 10.0. The molecule has 1 aliphatic heterocycles. The fraction of sp³-hybridized carbons (Fsp3) is 0.500. The van der Waals surface area contributed by atoms with Crippen LogP contribution in [0.25, 0.3) is 22.3 Å². The summed E-state index contributed by atoms with van der Waals surface area (Å²) in [6.07, 6.45) is 4.08. The normalized spacial score (nSPS) is 16.7. The van der Waals surface area contributed by atoms with Gasteiger partial charge in [-0.3, -0.25) is 9.58 Å². The number of fused-ring (bicyclic) bond motifs is 1. The lowest BCUT2D eigenvalue weighted by molar-refractivity contribution is -0.141. The van der Waals surface area contributed by atoms with E-state index in [-0.39, 0.29) is 31.1 Å². The van der Waals surface area contributed by atoms with Gasteiger partial charge in [-0.1, -0.05) is 6.92 Å². The van der Waals surface area contributed by atoms with Crippen molar-refractivity contribution in [3.8, 4) is 17.1 Å². The highest BCUT2D eigenvalue weighted by Crippen LogP contribution is 2.31. The quantitative estimate of drug-likeness (QED) is 0.247. The van der Waals surface area contributed by atoms with E-state index in [4.69, 9.17) is 4.74 Å². The summed E-state index contributed by atoms with van der Waals surface area (Å²) in [5, 5.41) is 17.9. The molecular weight excluding hydrogens is 537 g/mol. The van der Waals surface area contributed by atoms with Gasteiger partial charge in [0, 0.05) is 61.6 Å². The second-order valence-electron chi connectivity index (χ2n) is 10.5. The second kappa shape index (κ2) is 12.5. The highest BCUT2D eigenvalue weighted by atomic mass is 19.4. The molecule has 1 fully saturated rings. The minimum absolute atomic E-state index is 0.0236. The van der Waals surface area contributed by atoms with Crippen LogP contribution in [-0.4, -0.2) is 77.6 Å². The van der Waals surface area contributed by atoms with Gasteiger partial charge in [0.1, 0.15) is 23.8 Å². The van der Waals surface area contributed by atoms with Crippen LogP contribution in [-0.2, 0) is 19.3 Å². The molecule has 1 aliphatic rings. The molecule has 220 valence electrons. The number of alkyl halides is 3. The van der Waals surface area contributed by atoms with Gasteiger partial charge in [-0.05, 0) is 43.9 Å². The number of H-pyrrole nitrogens is 1. The first-order valence-corrected chi connectivity index (χ1v) is 13.9. The van der Waals surface area contributed by atoms with E-state index >= 15 is 0 Å². The summed E-state index contributed by atoms with van der Waals surface area (Å²) in [5.41, 5.74) is 1.96. The van der Waals surface area contributed by atoms with Crippen LogP contribution in [0.3, 0.4) is 0 Å². The number of rotatable bonds is 11. The van der Waals surface area contributed by atoms with Crippen LogP contribution < -0.4 is 10.1 Å². The van der Waals surface area contributed by atoms with E-state index in [9.17, 15) is 18.3 Å². The number of nitrogens with one attached hydrogen (secondary N) is 2. The maximum absolute atomic E-state index is 13.5. The largest absolute Gasteiger partial charge is 0.474 e. The summed E-state index contributed by atoms with van der Waals surface area (Å²) in [4.78, 5) is 17.9. The van der Waals surface area contributed by atoms with Crippen LogP contribution in [0, 0.1) is 0 Å². The summed E-state index contributed by atoms with van der Waals surface area (Å²) in [5.74, 6) is -0.0236. The number of aromatic nitrogens is 6. The van der Waals surface area contributed by atoms with Crippen LogP contribution in [0.15, 0.2) is 43.1 Å². The van der Waals surface area contributed by atoms with E-state index in [1.807, 2.05) is 29.3 Å². The predicted octanol–water partition coefficient (Wildman–Crippen LogP) is 4.03. The highest BCUT2D eigenvalue weighted by Gasteiger charge is 2.34. The van der Waals surface area contributed by atoms with Crippen molar-refractivity contribution in [1.29, 1.82) is 0 Å². The molecule has 3 N–H and O–H groups in total. The fourth-order valence-electron chi connectivity index (χ4n) is 5.23. The van der Waals surface area contributed by atoms with Crippen LogP contribution >= 0.6 is 0 Å². The Morgan fingerprint density at radius 3 is 2.76 bits per heavy atom. The molecule has 0 unspecified atom stereocenters. The number of pyridine rings is 1. The van der Waals surface area contributed by atoms with Gasteiger partial charge in [0.15, 0.2) is 0 Å². The second-order valence-corrected chi connectivity index (χ2v) is 10.5. The Morgan fingerprint density at radius 1 is 1.22 bits per heavy atom. The molecule has 0 bridgehead atoms. The van der Waals surface area contributed by atoms with Crippen molar-refractivity contribution in [3.05, 3.63) is 54.4 Å². The molecule has 2 atom stereocenters. The lowest BCUT2D eigenvalue weighted by Gasteiger charge is -2.37. The molecule has 0 spiro atoms. The molecule has 0 saturated carbocycles. The fourth-order valence-corrected chi connectivity index (χ4v) is 5.23. The number of nitrogens with zero attached hydrogens (tertiary/aromatic N) is 6. The monoisotopic (exact) mass is 572 g/mol. The minimum atomic E-state index is -4.58. The molecule has 0 amide bonds. The zero-order valence-electron chi connectivity index (χ0n) is 23.1. The number of hydrogen-bond acceptors (Lipinski definition) is 8. The third-order valence-corrected chi connectivity index (χ3v) is 7.33. The molecule has 0 aliphatic carbocycles. The van der Waals surface area contributed by atoms with Gasteiger partial charge in [-0.2, -0.15) is 18.3 Å². The van der Waals surface area contributed by atoms with E-state index < -0.39 is 18.0 Å². The summed E-state index contributed by atoms with van der Waals surface area (Å²) in [6.45, 7) is 6.42. The molecule has 4 aromatic heterocycles. The van der Waals surface area contributed by atoms with Crippen molar-refractivity contribution in [1.82, 2.24) is 39.9 Å². The Morgan fingerprint density at radius 2 is 2.02 bits per heavy atom. The summed E-state index contributed by atoms with van der Waals surface area (Å²) in [6, 6.07) is 4.76. The van der Waals surface area contributed by atoms with Gasteiger partial charge in [-0.15, -0.1) is 0 Å². The summed E-state index contributed by atoms with van der Waals surface area (Å²) in [7, 11) is 0. The third-order valence-electron chi connectivity index (χ3n) is 7.33. The van der Waals surface area contributed by atoms with Crippen molar-refractivity contribution in [2.45, 2.75) is 70.6 Å². The zero-order valence-corrected chi connectivity index (χ0v) is 23.1. The van der Waals surface area contributed by atoms with Crippen molar-refractivity contribution in [2.75, 3.05) is 19.6 Å². The molecule has 5 heterocycles. The third kappa shape index (κ3) is 7.21. The van der Waals surface area contributed by atoms with Gasteiger partial charge in [0.05, 0.1) is 24.5 Å². The number of piperidine rings is 1. The topological polar surface area (TPSA) is 117 Å². The lowest BCUT2D eigenvalue weighted by Crippen LogP contribution is -2.45. The Balaban J connectivity index is 1.19. The van der Waals surface area contributed by atoms with E-state index in [1.54, 1.807) is 13.0 Å². The smallest absolute Gasteiger partial charge is 0.433 e. The summed E-state index contributed by atoms with van der Waals surface area (Å²) >= 11 is 0. The van der Waals surface area contributed by atoms with Gasteiger partial charge >= 0.3 is 6.18 Å². The van der Waals surface area contributed by atoms with E-state index in [2.05, 4.69) is 42.2 Å². The van der Waals surface area contributed by atoms with Gasteiger partial charge in [0.25, 0.3) is 0 Å². The molecule has 1 saturated heterocycles. The standard InChI is InChI=1S/C28H35F3N8O2/c1-3-21(16-39-15-20(14-36-39)26-23-4-7-33-27(23)35-17-34-26)38-8-5-22(6-9-38)41-25-11-19(13-32-12-18(2)40)10-24(37-25)28(29,30)31/h4,7,10-11,14-15,17-18,21-22,32,40H,3,5-6,8-9,12-13,16H2,1-2H3,(H,33,34,35)/t18-,21+/m1/s1. The molecule has 13 heteroatoms. The van der Waals surface area contributed by atoms with Gasteiger partial charge in [-0.25, -0.2) is 15.0 Å². The first kappa shape index (κ1) is 29.0. The van der Waals surface area contributed by atoms with Crippen LogP contribution in [0.2, 0.25) is 0 Å². The number of aliphatic hydroxyl groups excluding tert-OH is 1. The number of aromatic amines is 1. The predicted molar refractivity (Wildman–Crippen MR) is 147 cm³/mol. The number of aliphatic hydroxyl groups is 1. The SMILES string of the molecule is CC[C@@H](Cn1cc(-c2ncnc3[nH]ccc23)cn1)N1CCC(Oc2cc(CNC[C@@H](C)O)cc(C(F)(F)F)n2)CC1.